The van der Waals surface area contributed by atoms with Crippen LogP contribution in [-0.2, 0) is 9.47 Å². The first kappa shape index (κ1) is 21.4. The molecular weight excluding hydrogens is 364 g/mol. The van der Waals surface area contributed by atoms with Crippen LogP contribution >= 0.6 is 0 Å². The molecule has 1 aromatic rings. The summed E-state index contributed by atoms with van der Waals surface area (Å²) in [4.78, 5) is 13.8. The molecule has 0 unspecified atom stereocenters. The molecule has 5 nitrogen and oxygen atoms in total. The molecule has 158 valence electrons. The number of hydrogen-bond donors (Lipinski definition) is 1. The molecule has 1 N–H and O–H groups in total. The molecule has 0 bridgehead atoms. The minimum atomic E-state index is -0.288. The Hall–Kier alpha value is -2.27. The van der Waals surface area contributed by atoms with Gasteiger partial charge in [-0.3, -0.25) is 0 Å². The van der Waals surface area contributed by atoms with Gasteiger partial charge in [0.2, 0.25) is 0 Å². The second-order valence-corrected chi connectivity index (χ2v) is 8.24. The number of hydrogen-bond acceptors (Lipinski definition) is 4. The highest BCUT2D eigenvalue weighted by Gasteiger charge is 2.26. The first-order valence-corrected chi connectivity index (χ1v) is 10.8. The number of piperidine rings is 1. The van der Waals surface area contributed by atoms with Crippen molar-refractivity contribution in [2.75, 3.05) is 19.6 Å². The van der Waals surface area contributed by atoms with Gasteiger partial charge in [0.1, 0.15) is 5.76 Å². The van der Waals surface area contributed by atoms with Gasteiger partial charge in [-0.1, -0.05) is 43.5 Å². The molecule has 1 heterocycles. The van der Waals surface area contributed by atoms with Crippen molar-refractivity contribution < 1.29 is 14.3 Å². The van der Waals surface area contributed by atoms with Crippen LogP contribution in [0.3, 0.4) is 0 Å². The van der Waals surface area contributed by atoms with Crippen LogP contribution in [0.25, 0.3) is 0 Å². The van der Waals surface area contributed by atoms with Crippen molar-refractivity contribution in [1.29, 1.82) is 0 Å². The summed E-state index contributed by atoms with van der Waals surface area (Å²) in [6.45, 7) is 11.9. The molecule has 0 radical (unpaired) electrons. The predicted molar refractivity (Wildman–Crippen MR) is 115 cm³/mol. The molecule has 2 aliphatic rings. The van der Waals surface area contributed by atoms with Crippen LogP contribution in [0.1, 0.15) is 57.1 Å². The lowest BCUT2D eigenvalue weighted by Crippen LogP contribution is -2.41. The summed E-state index contributed by atoms with van der Waals surface area (Å²) in [5.41, 5.74) is 1.18. The molecule has 1 saturated heterocycles. The minimum Gasteiger partial charge on any atom is -0.493 e. The van der Waals surface area contributed by atoms with E-state index in [0.717, 1.165) is 38.0 Å². The zero-order valence-corrected chi connectivity index (χ0v) is 17.6. The monoisotopic (exact) mass is 398 g/mol. The van der Waals surface area contributed by atoms with Crippen molar-refractivity contribution in [3.63, 3.8) is 0 Å². The number of nitrogens with one attached hydrogen (secondary N) is 1. The van der Waals surface area contributed by atoms with Crippen LogP contribution in [-0.4, -0.2) is 36.7 Å². The third-order valence-electron chi connectivity index (χ3n) is 5.82. The van der Waals surface area contributed by atoms with Gasteiger partial charge < -0.3 is 19.7 Å². The van der Waals surface area contributed by atoms with E-state index in [1.807, 2.05) is 6.07 Å². The maximum Gasteiger partial charge on any atom is 0.414 e. The topological polar surface area (TPSA) is 50.8 Å². The minimum absolute atomic E-state index is 0.0109. The zero-order chi connectivity index (χ0) is 20.6. The zero-order valence-electron chi connectivity index (χ0n) is 17.6. The van der Waals surface area contributed by atoms with E-state index >= 15 is 0 Å². The number of likely N-dealkylation sites (tertiary alicyclic amines) is 1. The van der Waals surface area contributed by atoms with Gasteiger partial charge in [-0.2, -0.15) is 0 Å². The lowest BCUT2D eigenvalue weighted by atomic mass is 9.96. The van der Waals surface area contributed by atoms with Gasteiger partial charge >= 0.3 is 6.09 Å². The van der Waals surface area contributed by atoms with Crippen molar-refractivity contribution in [2.24, 2.45) is 5.92 Å². The Labute approximate surface area is 174 Å². The number of benzene rings is 1. The van der Waals surface area contributed by atoms with E-state index in [-0.39, 0.29) is 12.1 Å². The lowest BCUT2D eigenvalue weighted by Gasteiger charge is -2.33. The smallest absolute Gasteiger partial charge is 0.414 e. The van der Waals surface area contributed by atoms with Crippen LogP contribution in [0.4, 0.5) is 4.79 Å². The van der Waals surface area contributed by atoms with Crippen LogP contribution in [0.5, 0.6) is 0 Å². The van der Waals surface area contributed by atoms with Crippen LogP contribution < -0.4 is 5.32 Å². The van der Waals surface area contributed by atoms with E-state index in [1.54, 1.807) is 11.8 Å². The second-order valence-electron chi connectivity index (χ2n) is 8.24. The molecule has 29 heavy (non-hydrogen) atoms. The van der Waals surface area contributed by atoms with Crippen LogP contribution in [0, 0.1) is 5.92 Å². The molecule has 0 spiro atoms. The summed E-state index contributed by atoms with van der Waals surface area (Å²) in [6.07, 6.45) is 6.66. The molecule has 1 atom stereocenters. The number of carbonyl (C=O) groups excluding carboxylic acids is 1. The molecule has 3 rings (SSSR count). The summed E-state index contributed by atoms with van der Waals surface area (Å²) in [6, 6.07) is 10.4. The normalized spacial score (nSPS) is 19.0. The molecule has 1 aliphatic carbocycles. The third-order valence-corrected chi connectivity index (χ3v) is 5.82. The molecule has 1 amide bonds. The Bertz CT molecular complexity index is 689. The van der Waals surface area contributed by atoms with Gasteiger partial charge in [0.25, 0.3) is 0 Å². The highest BCUT2D eigenvalue weighted by molar-refractivity contribution is 5.68. The van der Waals surface area contributed by atoms with E-state index < -0.39 is 0 Å². The number of allylic oxidation sites excluding steroid dienone is 1. The molecule has 0 aromatic heterocycles. The summed E-state index contributed by atoms with van der Waals surface area (Å²) in [5, 5.41) is 3.68. The second kappa shape index (κ2) is 10.5. The van der Waals surface area contributed by atoms with Gasteiger partial charge in [0.15, 0.2) is 0 Å². The van der Waals surface area contributed by atoms with Crippen molar-refractivity contribution in [3.8, 4) is 0 Å². The highest BCUT2D eigenvalue weighted by atomic mass is 16.6. The first-order chi connectivity index (χ1) is 14.0. The standard InChI is InChI=1S/C24H34N2O3/c1-18(2)28-24(27)26-15-13-20(14-16-26)17-25-23(21-9-5-4-6-10-21)19(3)29-22-11-7-8-12-22/h4-6,9-10,20,22-23,25H,1,3,7-8,11-17H2,2H3/t23-/m1/s1. The predicted octanol–water partition coefficient (Wildman–Crippen LogP) is 5.17. The van der Waals surface area contributed by atoms with Gasteiger partial charge in [0, 0.05) is 13.1 Å². The van der Waals surface area contributed by atoms with Gasteiger partial charge in [-0.25, -0.2) is 4.79 Å². The van der Waals surface area contributed by atoms with Crippen molar-refractivity contribution in [2.45, 2.75) is 57.6 Å². The van der Waals surface area contributed by atoms with Gasteiger partial charge in [0.05, 0.1) is 17.9 Å². The molecule has 2 fully saturated rings. The Balaban J connectivity index is 1.53. The Morgan fingerprint density at radius 3 is 2.41 bits per heavy atom. The average molecular weight is 399 g/mol. The summed E-state index contributed by atoms with van der Waals surface area (Å²) in [5.74, 6) is 1.75. The molecule has 1 saturated carbocycles. The van der Waals surface area contributed by atoms with Crippen molar-refractivity contribution >= 4 is 6.09 Å². The largest absolute Gasteiger partial charge is 0.493 e. The molecule has 5 heteroatoms. The number of rotatable bonds is 8. The SMILES string of the molecule is C=C(C)OC(=O)N1CCC(CN[C@H](C(=C)OC2CCCC2)c2ccccc2)CC1. The summed E-state index contributed by atoms with van der Waals surface area (Å²) >= 11 is 0. The average Bonchev–Trinajstić information content (AvgIpc) is 3.22. The Kier molecular flexibility index (Phi) is 7.76. The van der Waals surface area contributed by atoms with E-state index in [4.69, 9.17) is 9.47 Å². The maximum atomic E-state index is 12.0. The number of carbonyl (C=O) groups is 1. The van der Waals surface area contributed by atoms with Gasteiger partial charge in [-0.15, -0.1) is 0 Å². The maximum absolute atomic E-state index is 12.0. The summed E-state index contributed by atoms with van der Waals surface area (Å²) in [7, 11) is 0. The van der Waals surface area contributed by atoms with E-state index in [9.17, 15) is 4.79 Å². The van der Waals surface area contributed by atoms with E-state index in [1.165, 1.54) is 18.4 Å². The van der Waals surface area contributed by atoms with Crippen molar-refractivity contribution in [1.82, 2.24) is 10.2 Å². The van der Waals surface area contributed by atoms with Crippen molar-refractivity contribution in [3.05, 3.63) is 60.6 Å². The third kappa shape index (κ3) is 6.36. The number of amides is 1. The Morgan fingerprint density at radius 1 is 1.14 bits per heavy atom. The van der Waals surface area contributed by atoms with E-state index in [0.29, 0.717) is 30.9 Å². The lowest BCUT2D eigenvalue weighted by molar-refractivity contribution is 0.1000. The fraction of sp³-hybridized carbons (Fsp3) is 0.542. The molecule has 1 aromatic carbocycles. The number of nitrogens with zero attached hydrogens (tertiary/aromatic N) is 1. The van der Waals surface area contributed by atoms with Gasteiger partial charge in [-0.05, 0) is 63.5 Å². The first-order valence-electron chi connectivity index (χ1n) is 10.8. The van der Waals surface area contributed by atoms with Crippen LogP contribution in [0.15, 0.2) is 55.0 Å². The fourth-order valence-electron chi connectivity index (χ4n) is 4.17. The van der Waals surface area contributed by atoms with Crippen LogP contribution in [0.2, 0.25) is 0 Å². The highest BCUT2D eigenvalue weighted by Crippen LogP contribution is 2.29. The summed E-state index contributed by atoms with van der Waals surface area (Å²) < 4.78 is 11.3. The fourth-order valence-corrected chi connectivity index (χ4v) is 4.17. The quantitative estimate of drug-likeness (QED) is 0.614. The van der Waals surface area contributed by atoms with E-state index in [2.05, 4.69) is 42.7 Å². The number of ether oxygens (including phenoxy) is 2. The molecule has 1 aliphatic heterocycles. The molecular formula is C24H34N2O3. The Morgan fingerprint density at radius 2 is 1.79 bits per heavy atom.